The molecule has 1 amide bonds. The number of amides is 1. The number of benzene rings is 1. The molecule has 9 nitrogen and oxygen atoms in total. The fourth-order valence-corrected chi connectivity index (χ4v) is 3.22. The first-order valence-electron chi connectivity index (χ1n) is 9.87. The number of methoxy groups -OCH3 is 1. The van der Waals surface area contributed by atoms with E-state index < -0.39 is 35.7 Å². The predicted octanol–water partition coefficient (Wildman–Crippen LogP) is 2.25. The number of pyridine rings is 1. The molecule has 0 unspecified atom stereocenters. The van der Waals surface area contributed by atoms with Gasteiger partial charge in [0.2, 0.25) is 12.0 Å². The summed E-state index contributed by atoms with van der Waals surface area (Å²) in [4.78, 5) is 43.4. The van der Waals surface area contributed by atoms with Gasteiger partial charge in [0, 0.05) is 30.6 Å². The molecule has 0 radical (unpaired) electrons. The first kappa shape index (κ1) is 22.5. The summed E-state index contributed by atoms with van der Waals surface area (Å²) in [5.41, 5.74) is 0.407. The molecule has 2 heterocycles. The number of carbonyl (C=O) groups excluding carboxylic acids is 3. The Labute approximate surface area is 180 Å². The van der Waals surface area contributed by atoms with Crippen LogP contribution in [0.25, 0.3) is 10.9 Å². The second-order valence-corrected chi connectivity index (χ2v) is 8.08. The van der Waals surface area contributed by atoms with E-state index in [2.05, 4.69) is 4.98 Å². The number of esters is 2. The lowest BCUT2D eigenvalue weighted by molar-refractivity contribution is -0.188. The van der Waals surface area contributed by atoms with E-state index in [1.165, 1.54) is 12.0 Å². The number of morpholine rings is 1. The van der Waals surface area contributed by atoms with Crippen LogP contribution in [0, 0.1) is 0 Å². The number of rotatable bonds is 5. The van der Waals surface area contributed by atoms with Crippen LogP contribution in [0.4, 0.5) is 5.69 Å². The van der Waals surface area contributed by atoms with Crippen LogP contribution in [-0.4, -0.2) is 60.9 Å². The summed E-state index contributed by atoms with van der Waals surface area (Å²) in [5.74, 6) is -1.61. The van der Waals surface area contributed by atoms with E-state index in [1.807, 2.05) is 12.1 Å². The van der Waals surface area contributed by atoms with E-state index in [0.717, 1.165) is 12.3 Å². The van der Waals surface area contributed by atoms with Crippen molar-refractivity contribution in [3.63, 3.8) is 0 Å². The third-order valence-corrected chi connectivity index (χ3v) is 4.50. The highest BCUT2D eigenvalue weighted by molar-refractivity contribution is 6.02. The van der Waals surface area contributed by atoms with Gasteiger partial charge in [0.15, 0.2) is 6.10 Å². The normalized spacial score (nSPS) is 17.9. The first-order chi connectivity index (χ1) is 14.6. The Morgan fingerprint density at radius 2 is 1.94 bits per heavy atom. The third kappa shape index (κ3) is 5.29. The Kier molecular flexibility index (Phi) is 6.45. The molecule has 2 atom stereocenters. The molecule has 1 aliphatic heterocycles. The van der Waals surface area contributed by atoms with E-state index in [9.17, 15) is 14.4 Å². The van der Waals surface area contributed by atoms with Crippen LogP contribution in [0.5, 0.6) is 5.88 Å². The largest absolute Gasteiger partial charge is 0.481 e. The lowest BCUT2D eigenvalue weighted by Crippen LogP contribution is -2.56. The molecule has 1 aliphatic rings. The molecule has 0 spiro atoms. The summed E-state index contributed by atoms with van der Waals surface area (Å²) in [6.45, 7) is 6.63. The van der Waals surface area contributed by atoms with Gasteiger partial charge in [-0.25, -0.2) is 9.78 Å². The number of fused-ring (bicyclic) bond motifs is 1. The molecule has 1 saturated heterocycles. The third-order valence-electron chi connectivity index (χ3n) is 4.50. The number of nitrogens with zero attached hydrogens (tertiary/aromatic N) is 2. The van der Waals surface area contributed by atoms with Crippen molar-refractivity contribution >= 4 is 34.4 Å². The summed E-state index contributed by atoms with van der Waals surface area (Å²) in [7, 11) is 1.53. The number of hydrogen-bond donors (Lipinski definition) is 0. The van der Waals surface area contributed by atoms with E-state index >= 15 is 0 Å². The number of aromatic nitrogens is 1. The van der Waals surface area contributed by atoms with Crippen LogP contribution in [0.2, 0.25) is 0 Å². The zero-order valence-corrected chi connectivity index (χ0v) is 18.2. The number of carbonyl (C=O) groups is 3. The average molecular weight is 430 g/mol. The number of hydrogen-bond acceptors (Lipinski definition) is 8. The van der Waals surface area contributed by atoms with Crippen LogP contribution >= 0.6 is 0 Å². The van der Waals surface area contributed by atoms with Crippen LogP contribution < -0.4 is 9.64 Å². The average Bonchev–Trinajstić information content (AvgIpc) is 2.70. The molecule has 166 valence electrons. The van der Waals surface area contributed by atoms with Gasteiger partial charge in [0.05, 0.1) is 19.2 Å². The van der Waals surface area contributed by atoms with Crippen molar-refractivity contribution in [2.75, 3.05) is 25.2 Å². The fourth-order valence-electron chi connectivity index (χ4n) is 3.22. The second-order valence-electron chi connectivity index (χ2n) is 8.08. The molecule has 1 aromatic heterocycles. The molecule has 0 aliphatic carbocycles. The monoisotopic (exact) mass is 430 g/mol. The first-order valence-corrected chi connectivity index (χ1v) is 9.87. The van der Waals surface area contributed by atoms with Gasteiger partial charge in [0.25, 0.3) is 5.91 Å². The van der Waals surface area contributed by atoms with Crippen LogP contribution in [0.1, 0.15) is 27.7 Å². The van der Waals surface area contributed by atoms with E-state index in [1.54, 1.807) is 39.0 Å². The molecule has 0 bridgehead atoms. The molecule has 1 aromatic carbocycles. The lowest BCUT2D eigenvalue weighted by Gasteiger charge is -2.35. The maximum atomic E-state index is 13.2. The number of ether oxygens (including phenoxy) is 4. The van der Waals surface area contributed by atoms with Crippen molar-refractivity contribution in [2.45, 2.75) is 45.5 Å². The zero-order chi connectivity index (χ0) is 22.8. The van der Waals surface area contributed by atoms with E-state index in [0.29, 0.717) is 17.1 Å². The van der Waals surface area contributed by atoms with Crippen molar-refractivity contribution in [1.29, 1.82) is 0 Å². The Balaban J connectivity index is 1.90. The van der Waals surface area contributed by atoms with Gasteiger partial charge in [-0.2, -0.15) is 0 Å². The molecule has 9 heteroatoms. The Hall–Kier alpha value is -3.20. The van der Waals surface area contributed by atoms with Crippen molar-refractivity contribution < 1.29 is 33.3 Å². The predicted molar refractivity (Wildman–Crippen MR) is 112 cm³/mol. The van der Waals surface area contributed by atoms with Crippen LogP contribution in [-0.2, 0) is 28.6 Å². The van der Waals surface area contributed by atoms with Crippen molar-refractivity contribution in [2.24, 2.45) is 0 Å². The van der Waals surface area contributed by atoms with E-state index in [-0.39, 0.29) is 13.2 Å². The van der Waals surface area contributed by atoms with E-state index in [4.69, 9.17) is 18.9 Å². The maximum Gasteiger partial charge on any atom is 0.351 e. The molecule has 0 N–H and O–H groups in total. The topological polar surface area (TPSA) is 104 Å². The van der Waals surface area contributed by atoms with Gasteiger partial charge in [-0.3, -0.25) is 9.59 Å². The van der Waals surface area contributed by atoms with Gasteiger partial charge in [-0.1, -0.05) is 6.07 Å². The summed E-state index contributed by atoms with van der Waals surface area (Å²) < 4.78 is 21.2. The highest BCUT2D eigenvalue weighted by Crippen LogP contribution is 2.27. The Morgan fingerprint density at radius 1 is 1.23 bits per heavy atom. The van der Waals surface area contributed by atoms with Crippen molar-refractivity contribution in [1.82, 2.24) is 4.98 Å². The lowest BCUT2D eigenvalue weighted by atomic mass is 10.1. The van der Waals surface area contributed by atoms with Crippen molar-refractivity contribution in [3.05, 3.63) is 30.3 Å². The highest BCUT2D eigenvalue weighted by Gasteiger charge is 2.44. The molecule has 0 saturated carbocycles. The molecule has 2 aromatic rings. The highest BCUT2D eigenvalue weighted by atomic mass is 16.6. The molecular weight excluding hydrogens is 404 g/mol. The quantitative estimate of drug-likeness (QED) is 0.666. The minimum absolute atomic E-state index is 0.153. The summed E-state index contributed by atoms with van der Waals surface area (Å²) >= 11 is 0. The SMILES string of the molecule is COc1ccc2ccc(N3CCO[C@H]([C@@H](OC(C)=O)C(=O)OC(C)(C)C)C3=O)cc2n1. The Morgan fingerprint density at radius 3 is 2.58 bits per heavy atom. The van der Waals surface area contributed by atoms with Crippen LogP contribution in [0.3, 0.4) is 0 Å². The fraction of sp³-hybridized carbons (Fsp3) is 0.455. The minimum atomic E-state index is -1.51. The summed E-state index contributed by atoms with van der Waals surface area (Å²) in [6.07, 6.45) is -2.83. The maximum absolute atomic E-state index is 13.2. The molecular formula is C22H26N2O7. The zero-order valence-electron chi connectivity index (χ0n) is 18.2. The molecule has 3 rings (SSSR count). The minimum Gasteiger partial charge on any atom is -0.481 e. The van der Waals surface area contributed by atoms with Gasteiger partial charge < -0.3 is 23.8 Å². The summed E-state index contributed by atoms with van der Waals surface area (Å²) in [5, 5.41) is 0.883. The van der Waals surface area contributed by atoms with Gasteiger partial charge >= 0.3 is 11.9 Å². The van der Waals surface area contributed by atoms with Crippen LogP contribution in [0.15, 0.2) is 30.3 Å². The molecule has 31 heavy (non-hydrogen) atoms. The summed E-state index contributed by atoms with van der Waals surface area (Å²) in [6, 6.07) is 9.00. The van der Waals surface area contributed by atoms with Crippen molar-refractivity contribution in [3.8, 4) is 5.88 Å². The standard InChI is InChI=1S/C22H26N2O7/c1-13(25)30-19(21(27)31-22(2,3)4)18-20(26)24(10-11-29-18)15-8-6-14-7-9-17(28-5)23-16(14)12-15/h6-9,12,18-19H,10-11H2,1-5H3/t18-,19-/m1/s1. The second kappa shape index (κ2) is 8.89. The van der Waals surface area contributed by atoms with Gasteiger partial charge in [0.1, 0.15) is 5.60 Å². The smallest absolute Gasteiger partial charge is 0.351 e. The molecule has 1 fully saturated rings. The van der Waals surface area contributed by atoms with Gasteiger partial charge in [-0.15, -0.1) is 0 Å². The number of anilines is 1. The van der Waals surface area contributed by atoms with Gasteiger partial charge in [-0.05, 0) is 39.0 Å². The Bertz CT molecular complexity index is 999.